The van der Waals surface area contributed by atoms with Crippen molar-refractivity contribution in [3.05, 3.63) is 23.8 Å². The first-order valence-electron chi connectivity index (χ1n) is 9.28. The van der Waals surface area contributed by atoms with E-state index in [2.05, 4.69) is 16.0 Å². The Kier molecular flexibility index (Phi) is 5.62. The van der Waals surface area contributed by atoms with Crippen LogP contribution in [0.3, 0.4) is 0 Å². The van der Waals surface area contributed by atoms with Gasteiger partial charge in [-0.05, 0) is 30.5 Å². The molecule has 0 saturated carbocycles. The first kappa shape index (κ1) is 20.4. The van der Waals surface area contributed by atoms with Crippen LogP contribution in [0.4, 0.5) is 9.59 Å². The molecule has 2 heterocycles. The van der Waals surface area contributed by atoms with E-state index in [9.17, 15) is 19.2 Å². The van der Waals surface area contributed by atoms with Crippen LogP contribution in [0.15, 0.2) is 18.2 Å². The number of carbonyl (C=O) groups is 4. The van der Waals surface area contributed by atoms with E-state index in [-0.39, 0.29) is 19.1 Å². The molecule has 3 N–H and O–H groups in total. The molecule has 156 valence electrons. The number of imide groups is 2. The average molecular weight is 404 g/mol. The molecule has 2 aliphatic rings. The second-order valence-electron chi connectivity index (χ2n) is 7.67. The highest BCUT2D eigenvalue weighted by atomic mass is 16.7. The summed E-state index contributed by atoms with van der Waals surface area (Å²) in [6.07, 6.45) is 0.210. The van der Waals surface area contributed by atoms with Crippen molar-refractivity contribution >= 4 is 23.9 Å². The van der Waals surface area contributed by atoms with Crippen LogP contribution >= 0.6 is 0 Å². The zero-order valence-electron chi connectivity index (χ0n) is 16.5. The topological polar surface area (TPSA) is 126 Å². The number of amides is 6. The van der Waals surface area contributed by atoms with Crippen molar-refractivity contribution in [2.24, 2.45) is 5.92 Å². The summed E-state index contributed by atoms with van der Waals surface area (Å²) in [5.74, 6) is 0.125. The van der Waals surface area contributed by atoms with E-state index in [0.717, 1.165) is 10.5 Å². The number of urea groups is 2. The maximum atomic E-state index is 12.8. The number of rotatable bonds is 6. The molecule has 10 nitrogen and oxygen atoms in total. The summed E-state index contributed by atoms with van der Waals surface area (Å²) in [5, 5.41) is 7.28. The number of fused-ring (bicyclic) bond motifs is 1. The van der Waals surface area contributed by atoms with Gasteiger partial charge in [0.15, 0.2) is 11.5 Å². The largest absolute Gasteiger partial charge is 0.454 e. The number of hydrogen-bond acceptors (Lipinski definition) is 6. The van der Waals surface area contributed by atoms with Gasteiger partial charge in [0.2, 0.25) is 12.7 Å². The first-order chi connectivity index (χ1) is 13.7. The third kappa shape index (κ3) is 4.58. The van der Waals surface area contributed by atoms with Crippen LogP contribution in [0.5, 0.6) is 11.5 Å². The quantitative estimate of drug-likeness (QED) is 0.601. The summed E-state index contributed by atoms with van der Waals surface area (Å²) >= 11 is 0. The molecule has 0 aliphatic carbocycles. The maximum Gasteiger partial charge on any atom is 0.325 e. The van der Waals surface area contributed by atoms with Gasteiger partial charge in [-0.1, -0.05) is 19.9 Å². The van der Waals surface area contributed by atoms with Crippen molar-refractivity contribution < 1.29 is 28.7 Å². The first-order valence-corrected chi connectivity index (χ1v) is 9.28. The second kappa shape index (κ2) is 7.98. The molecule has 0 spiro atoms. The summed E-state index contributed by atoms with van der Waals surface area (Å²) in [7, 11) is 0. The fourth-order valence-electron chi connectivity index (χ4n) is 3.12. The standard InChI is InChI=1S/C19H24N4O6/c1-11(2)8-20-17(26)21-15(24)9-23-16(25)19(3,22-18(23)27)7-12-4-5-13-14(6-12)29-10-28-13/h4-6,11H,7-10H2,1-3H3,(H,22,27)(H2,20,21,24,26)/t19-/m1/s1. The number of benzene rings is 1. The highest BCUT2D eigenvalue weighted by Crippen LogP contribution is 2.34. The van der Waals surface area contributed by atoms with Gasteiger partial charge < -0.3 is 20.1 Å². The predicted molar refractivity (Wildman–Crippen MR) is 101 cm³/mol. The second-order valence-corrected chi connectivity index (χ2v) is 7.67. The van der Waals surface area contributed by atoms with Crippen molar-refractivity contribution in [1.29, 1.82) is 0 Å². The van der Waals surface area contributed by atoms with E-state index in [4.69, 9.17) is 9.47 Å². The molecule has 1 fully saturated rings. The predicted octanol–water partition coefficient (Wildman–Crippen LogP) is 0.750. The smallest absolute Gasteiger partial charge is 0.325 e. The molecule has 29 heavy (non-hydrogen) atoms. The molecule has 1 aromatic carbocycles. The van der Waals surface area contributed by atoms with Gasteiger partial charge in [-0.25, -0.2) is 9.59 Å². The van der Waals surface area contributed by atoms with Crippen molar-refractivity contribution in [2.75, 3.05) is 19.9 Å². The lowest BCUT2D eigenvalue weighted by Gasteiger charge is -2.21. The van der Waals surface area contributed by atoms with Gasteiger partial charge in [0, 0.05) is 13.0 Å². The summed E-state index contributed by atoms with van der Waals surface area (Å²) in [6.45, 7) is 5.41. The Balaban J connectivity index is 1.61. The molecule has 10 heteroatoms. The third-order valence-electron chi connectivity index (χ3n) is 4.57. The van der Waals surface area contributed by atoms with E-state index in [1.807, 2.05) is 13.8 Å². The molecule has 3 rings (SSSR count). The monoisotopic (exact) mass is 404 g/mol. The van der Waals surface area contributed by atoms with Gasteiger partial charge in [0.05, 0.1) is 0 Å². The molecule has 1 atom stereocenters. The lowest BCUT2D eigenvalue weighted by Crippen LogP contribution is -2.48. The maximum absolute atomic E-state index is 12.8. The van der Waals surface area contributed by atoms with Crippen LogP contribution in [0.25, 0.3) is 0 Å². The SMILES string of the molecule is CC(C)CNC(=O)NC(=O)CN1C(=O)N[C@](C)(Cc2ccc3c(c2)OCO3)C1=O. The summed E-state index contributed by atoms with van der Waals surface area (Å²) < 4.78 is 10.6. The van der Waals surface area contributed by atoms with Gasteiger partial charge in [0.1, 0.15) is 12.1 Å². The van der Waals surface area contributed by atoms with E-state index >= 15 is 0 Å². The van der Waals surface area contributed by atoms with E-state index in [1.54, 1.807) is 25.1 Å². The van der Waals surface area contributed by atoms with Gasteiger partial charge in [-0.3, -0.25) is 19.8 Å². The normalized spacial score (nSPS) is 20.1. The molecule has 0 aromatic heterocycles. The molecule has 1 saturated heterocycles. The van der Waals surface area contributed by atoms with Crippen molar-refractivity contribution in [3.63, 3.8) is 0 Å². The van der Waals surface area contributed by atoms with Crippen LogP contribution < -0.4 is 25.4 Å². The number of nitrogens with one attached hydrogen (secondary N) is 3. The van der Waals surface area contributed by atoms with E-state index in [0.29, 0.717) is 18.0 Å². The van der Waals surface area contributed by atoms with Crippen molar-refractivity contribution in [3.8, 4) is 11.5 Å². The van der Waals surface area contributed by atoms with Crippen LogP contribution in [-0.2, 0) is 16.0 Å². The van der Waals surface area contributed by atoms with E-state index in [1.165, 1.54) is 0 Å². The summed E-state index contributed by atoms with van der Waals surface area (Å²) in [6, 6.07) is 3.92. The van der Waals surface area contributed by atoms with Gasteiger partial charge in [-0.2, -0.15) is 0 Å². The van der Waals surface area contributed by atoms with Crippen molar-refractivity contribution in [2.45, 2.75) is 32.7 Å². The van der Waals surface area contributed by atoms with Crippen LogP contribution in [0.2, 0.25) is 0 Å². The molecular formula is C19H24N4O6. The fourth-order valence-corrected chi connectivity index (χ4v) is 3.12. The van der Waals surface area contributed by atoms with Gasteiger partial charge in [0.25, 0.3) is 5.91 Å². The highest BCUT2D eigenvalue weighted by molar-refractivity contribution is 6.09. The highest BCUT2D eigenvalue weighted by Gasteiger charge is 2.48. The Bertz CT molecular complexity index is 855. The Morgan fingerprint density at radius 1 is 1.24 bits per heavy atom. The molecule has 0 unspecified atom stereocenters. The molecular weight excluding hydrogens is 380 g/mol. The summed E-state index contributed by atoms with van der Waals surface area (Å²) in [5.41, 5.74) is -0.449. The van der Waals surface area contributed by atoms with Crippen molar-refractivity contribution in [1.82, 2.24) is 20.9 Å². The Morgan fingerprint density at radius 2 is 1.97 bits per heavy atom. The minimum absolute atomic E-state index is 0.138. The average Bonchev–Trinajstić information content (AvgIpc) is 3.18. The van der Waals surface area contributed by atoms with Crippen LogP contribution in [0, 0.1) is 5.92 Å². The third-order valence-corrected chi connectivity index (χ3v) is 4.57. The summed E-state index contributed by atoms with van der Waals surface area (Å²) in [4.78, 5) is 49.7. The Morgan fingerprint density at radius 3 is 2.69 bits per heavy atom. The number of hydrogen-bond donors (Lipinski definition) is 3. The van der Waals surface area contributed by atoms with Gasteiger partial charge >= 0.3 is 12.1 Å². The number of nitrogens with zero attached hydrogens (tertiary/aromatic N) is 1. The number of ether oxygens (including phenoxy) is 2. The Hall–Kier alpha value is -3.30. The molecule has 0 bridgehead atoms. The van der Waals surface area contributed by atoms with Crippen LogP contribution in [-0.4, -0.2) is 54.2 Å². The zero-order valence-corrected chi connectivity index (χ0v) is 16.5. The molecule has 1 aromatic rings. The fraction of sp³-hybridized carbons (Fsp3) is 0.474. The minimum Gasteiger partial charge on any atom is -0.454 e. The lowest BCUT2D eigenvalue weighted by molar-refractivity contribution is -0.134. The number of carbonyl (C=O) groups excluding carboxylic acids is 4. The lowest BCUT2D eigenvalue weighted by atomic mass is 9.92. The molecule has 2 aliphatic heterocycles. The minimum atomic E-state index is -1.22. The Labute approximate surface area is 167 Å². The molecule has 6 amide bonds. The van der Waals surface area contributed by atoms with Crippen LogP contribution in [0.1, 0.15) is 26.3 Å². The molecule has 0 radical (unpaired) electrons. The van der Waals surface area contributed by atoms with E-state index < -0.39 is 36.0 Å². The zero-order chi connectivity index (χ0) is 21.2. The van der Waals surface area contributed by atoms with Gasteiger partial charge in [-0.15, -0.1) is 0 Å².